The Morgan fingerprint density at radius 3 is 2.75 bits per heavy atom. The van der Waals surface area contributed by atoms with Gasteiger partial charge in [0.15, 0.2) is 0 Å². The maximum Gasteiger partial charge on any atom is 0.279 e. The van der Waals surface area contributed by atoms with Gasteiger partial charge in [0.1, 0.15) is 0 Å². The molecule has 0 aliphatic rings. The number of aryl methyl sites for hydroxylation is 1. The molecule has 0 saturated carbocycles. The maximum atomic E-state index is 12.0. The van der Waals surface area contributed by atoms with Crippen molar-refractivity contribution in [2.75, 3.05) is 33.2 Å². The van der Waals surface area contributed by atoms with Crippen molar-refractivity contribution in [3.63, 3.8) is 0 Å². The van der Waals surface area contributed by atoms with Crippen LogP contribution in [-0.4, -0.2) is 55.7 Å². The largest absolute Gasteiger partial charge is 0.317 e. The summed E-state index contributed by atoms with van der Waals surface area (Å²) in [5.74, 6) is 0. The summed E-state index contributed by atoms with van der Waals surface area (Å²) in [5, 5.41) is 7.22. The van der Waals surface area contributed by atoms with Crippen molar-refractivity contribution in [2.24, 2.45) is 7.05 Å². The van der Waals surface area contributed by atoms with Crippen LogP contribution >= 0.6 is 0 Å². The Balaban J connectivity index is 2.29. The minimum atomic E-state index is -3.38. The molecule has 0 spiro atoms. The summed E-state index contributed by atoms with van der Waals surface area (Å²) in [4.78, 5) is 0. The lowest BCUT2D eigenvalue weighted by atomic mass is 10.3. The molecular weight excluding hydrogens is 278 g/mol. The van der Waals surface area contributed by atoms with E-state index in [1.54, 1.807) is 17.9 Å². The molecule has 7 nitrogen and oxygen atoms in total. The minimum Gasteiger partial charge on any atom is -0.317 e. The van der Waals surface area contributed by atoms with Crippen molar-refractivity contribution in [1.82, 2.24) is 24.1 Å². The highest BCUT2D eigenvalue weighted by molar-refractivity contribution is 7.87. The highest BCUT2D eigenvalue weighted by Crippen LogP contribution is 1.99. The van der Waals surface area contributed by atoms with Crippen LogP contribution in [0.1, 0.15) is 18.9 Å². The molecule has 0 aromatic carbocycles. The normalized spacial score (nSPS) is 12.2. The number of hydrogen-bond acceptors (Lipinski definition) is 4. The molecule has 0 fully saturated rings. The molecule has 0 bridgehead atoms. The zero-order valence-corrected chi connectivity index (χ0v) is 13.3. The van der Waals surface area contributed by atoms with Gasteiger partial charge in [-0.2, -0.15) is 17.8 Å². The SMILES string of the molecule is CCNCCCN(C)S(=O)(=O)NCCc1cnn(C)c1. The Hall–Kier alpha value is -0.960. The highest BCUT2D eigenvalue weighted by atomic mass is 32.2. The van der Waals surface area contributed by atoms with E-state index in [2.05, 4.69) is 15.1 Å². The first-order valence-corrected chi connectivity index (χ1v) is 8.29. The number of nitrogens with zero attached hydrogens (tertiary/aromatic N) is 3. The number of nitrogens with one attached hydrogen (secondary N) is 2. The van der Waals surface area contributed by atoms with Crippen LogP contribution in [0, 0.1) is 0 Å². The van der Waals surface area contributed by atoms with Crippen LogP contribution in [0.15, 0.2) is 12.4 Å². The van der Waals surface area contributed by atoms with E-state index in [4.69, 9.17) is 0 Å². The Morgan fingerprint density at radius 1 is 1.40 bits per heavy atom. The van der Waals surface area contributed by atoms with Gasteiger partial charge in [0.05, 0.1) is 6.20 Å². The van der Waals surface area contributed by atoms with Gasteiger partial charge in [-0.15, -0.1) is 0 Å². The van der Waals surface area contributed by atoms with E-state index < -0.39 is 10.2 Å². The molecule has 0 aliphatic carbocycles. The third kappa shape index (κ3) is 6.00. The molecule has 0 unspecified atom stereocenters. The molecule has 0 atom stereocenters. The summed E-state index contributed by atoms with van der Waals surface area (Å²) in [7, 11) is 0.0522. The molecule has 20 heavy (non-hydrogen) atoms. The van der Waals surface area contributed by atoms with Crippen LogP contribution < -0.4 is 10.0 Å². The summed E-state index contributed by atoms with van der Waals surface area (Å²) in [5.41, 5.74) is 1.02. The zero-order chi connectivity index (χ0) is 15.0. The third-order valence-corrected chi connectivity index (χ3v) is 4.52. The summed E-state index contributed by atoms with van der Waals surface area (Å²) in [6, 6.07) is 0. The standard InChI is InChI=1S/C12H25N5O2S/c1-4-13-7-5-9-17(3)20(18,19)15-8-6-12-10-14-16(2)11-12/h10-11,13,15H,4-9H2,1-3H3. The smallest absolute Gasteiger partial charge is 0.279 e. The van der Waals surface area contributed by atoms with Gasteiger partial charge < -0.3 is 5.32 Å². The van der Waals surface area contributed by atoms with Gasteiger partial charge in [0, 0.05) is 33.4 Å². The quantitative estimate of drug-likeness (QED) is 0.583. The van der Waals surface area contributed by atoms with E-state index in [-0.39, 0.29) is 0 Å². The van der Waals surface area contributed by atoms with Gasteiger partial charge in [-0.3, -0.25) is 4.68 Å². The van der Waals surface area contributed by atoms with E-state index in [0.29, 0.717) is 19.5 Å². The topological polar surface area (TPSA) is 79.3 Å². The maximum absolute atomic E-state index is 12.0. The lowest BCUT2D eigenvalue weighted by Gasteiger charge is -2.17. The van der Waals surface area contributed by atoms with Crippen molar-refractivity contribution >= 4 is 10.2 Å². The Labute approximate surface area is 121 Å². The molecule has 0 saturated heterocycles. The fourth-order valence-electron chi connectivity index (χ4n) is 1.76. The van der Waals surface area contributed by atoms with Gasteiger partial charge in [0.25, 0.3) is 10.2 Å². The summed E-state index contributed by atoms with van der Waals surface area (Å²) in [6.45, 7) is 4.65. The molecule has 0 aliphatic heterocycles. The molecule has 1 aromatic heterocycles. The third-order valence-electron chi connectivity index (χ3n) is 2.94. The van der Waals surface area contributed by atoms with Crippen LogP contribution in [0.3, 0.4) is 0 Å². The lowest BCUT2D eigenvalue weighted by molar-refractivity contribution is 0.446. The average molecular weight is 303 g/mol. The van der Waals surface area contributed by atoms with E-state index in [9.17, 15) is 8.42 Å². The van der Waals surface area contributed by atoms with Crippen molar-refractivity contribution in [3.05, 3.63) is 18.0 Å². The van der Waals surface area contributed by atoms with Gasteiger partial charge >= 0.3 is 0 Å². The van der Waals surface area contributed by atoms with Gasteiger partial charge in [-0.05, 0) is 31.5 Å². The van der Waals surface area contributed by atoms with Gasteiger partial charge in [0.2, 0.25) is 0 Å². The second kappa shape index (κ2) is 8.35. The lowest BCUT2D eigenvalue weighted by Crippen LogP contribution is -2.40. The Morgan fingerprint density at radius 2 is 2.15 bits per heavy atom. The molecule has 1 rings (SSSR count). The Bertz CT molecular complexity index is 486. The molecule has 0 amide bonds. The van der Waals surface area contributed by atoms with Crippen molar-refractivity contribution in [1.29, 1.82) is 0 Å². The number of rotatable bonds is 10. The van der Waals surface area contributed by atoms with Crippen molar-refractivity contribution in [2.45, 2.75) is 19.8 Å². The molecule has 2 N–H and O–H groups in total. The van der Waals surface area contributed by atoms with Crippen LogP contribution in [0.2, 0.25) is 0 Å². The second-order valence-electron chi connectivity index (χ2n) is 4.70. The van der Waals surface area contributed by atoms with Crippen LogP contribution in [0.4, 0.5) is 0 Å². The predicted molar refractivity (Wildman–Crippen MR) is 79.6 cm³/mol. The van der Waals surface area contributed by atoms with Crippen molar-refractivity contribution in [3.8, 4) is 0 Å². The average Bonchev–Trinajstić information content (AvgIpc) is 2.80. The van der Waals surface area contributed by atoms with Gasteiger partial charge in [-0.25, -0.2) is 4.72 Å². The van der Waals surface area contributed by atoms with E-state index >= 15 is 0 Å². The van der Waals surface area contributed by atoms with E-state index in [1.807, 2.05) is 20.2 Å². The minimum absolute atomic E-state index is 0.381. The summed E-state index contributed by atoms with van der Waals surface area (Å²) < 4.78 is 29.6. The highest BCUT2D eigenvalue weighted by Gasteiger charge is 2.16. The summed E-state index contributed by atoms with van der Waals surface area (Å²) in [6.07, 6.45) is 5.06. The van der Waals surface area contributed by atoms with Crippen LogP contribution in [-0.2, 0) is 23.7 Å². The predicted octanol–water partition coefficient (Wildman–Crippen LogP) is -0.272. The Kier molecular flexibility index (Phi) is 7.14. The second-order valence-corrected chi connectivity index (χ2v) is 6.56. The molecule has 1 heterocycles. The zero-order valence-electron chi connectivity index (χ0n) is 12.5. The van der Waals surface area contributed by atoms with E-state index in [0.717, 1.165) is 25.1 Å². The number of aromatic nitrogens is 2. The fraction of sp³-hybridized carbons (Fsp3) is 0.750. The monoisotopic (exact) mass is 303 g/mol. The van der Waals surface area contributed by atoms with Crippen molar-refractivity contribution < 1.29 is 8.42 Å². The summed E-state index contributed by atoms with van der Waals surface area (Å²) >= 11 is 0. The first-order valence-electron chi connectivity index (χ1n) is 6.85. The molecule has 116 valence electrons. The molecule has 1 aromatic rings. The first kappa shape index (κ1) is 17.1. The van der Waals surface area contributed by atoms with E-state index in [1.165, 1.54) is 4.31 Å². The van der Waals surface area contributed by atoms with Gasteiger partial charge in [-0.1, -0.05) is 6.92 Å². The first-order chi connectivity index (χ1) is 9.45. The molecule has 0 radical (unpaired) electrons. The fourth-order valence-corrected chi connectivity index (χ4v) is 2.71. The van der Waals surface area contributed by atoms with Crippen LogP contribution in [0.25, 0.3) is 0 Å². The molecule has 8 heteroatoms. The number of hydrogen-bond donors (Lipinski definition) is 2. The van der Waals surface area contributed by atoms with Crippen LogP contribution in [0.5, 0.6) is 0 Å². The molecular formula is C12H25N5O2S.